The number of allylic oxidation sites excluding steroid dienone is 8. The molecule has 258 valence electrons. The lowest BCUT2D eigenvalue weighted by atomic mass is 9.88. The van der Waals surface area contributed by atoms with Gasteiger partial charge in [-0.15, -0.1) is 0 Å². The number of carbonyl (C=O) groups excluding carboxylic acids is 1. The van der Waals surface area contributed by atoms with E-state index in [1.807, 2.05) is 6.92 Å². The number of esters is 1. The van der Waals surface area contributed by atoms with Crippen molar-refractivity contribution >= 4 is 5.97 Å². The quantitative estimate of drug-likeness (QED) is 0.162. The second kappa shape index (κ2) is 23.0. The average Bonchev–Trinajstić information content (AvgIpc) is 2.92. The molecule has 0 amide bonds. The van der Waals surface area contributed by atoms with Crippen LogP contribution in [-0.2, 0) is 14.3 Å². The van der Waals surface area contributed by atoms with E-state index in [9.17, 15) is 45.6 Å². The summed E-state index contributed by atoms with van der Waals surface area (Å²) in [6, 6.07) is 0. The number of unbranched alkanes of at least 4 members (excludes halogenated alkanes) is 2. The maximum atomic E-state index is 13.0. The van der Waals surface area contributed by atoms with Crippen LogP contribution in [0.15, 0.2) is 60.4 Å². The third-order valence-corrected chi connectivity index (χ3v) is 7.57. The van der Waals surface area contributed by atoms with Crippen LogP contribution in [0.5, 0.6) is 0 Å². The van der Waals surface area contributed by atoms with Crippen LogP contribution in [-0.4, -0.2) is 102 Å². The van der Waals surface area contributed by atoms with E-state index in [0.29, 0.717) is 12.0 Å². The number of aliphatic hydroxyl groups excluding tert-OH is 8. The Bertz CT molecular complexity index is 960. The van der Waals surface area contributed by atoms with Gasteiger partial charge in [-0.3, -0.25) is 4.79 Å². The van der Waals surface area contributed by atoms with Crippen molar-refractivity contribution in [3.8, 4) is 0 Å². The molecule has 0 spiro atoms. The molecule has 0 aromatic rings. The molecule has 1 rings (SSSR count). The summed E-state index contributed by atoms with van der Waals surface area (Å²) >= 11 is 0. The fraction of sp³-hybridized carbons (Fsp3) is 0.676. The molecule has 1 aliphatic heterocycles. The Morgan fingerprint density at radius 2 is 1.22 bits per heavy atom. The molecule has 0 fully saturated rings. The summed E-state index contributed by atoms with van der Waals surface area (Å²) < 4.78 is 10.7. The van der Waals surface area contributed by atoms with Gasteiger partial charge in [0.2, 0.25) is 6.29 Å². The van der Waals surface area contributed by atoms with Crippen LogP contribution in [0.4, 0.5) is 0 Å². The predicted molar refractivity (Wildman–Crippen MR) is 170 cm³/mol. The molecular weight excluding hydrogens is 584 g/mol. The third kappa shape index (κ3) is 18.4. The molecule has 0 aliphatic carbocycles. The lowest BCUT2D eigenvalue weighted by molar-refractivity contribution is -0.181. The number of ether oxygens (including phenoxy) is 2. The lowest BCUT2D eigenvalue weighted by Gasteiger charge is -2.29. The Labute approximate surface area is 267 Å². The second-order valence-corrected chi connectivity index (χ2v) is 11.9. The van der Waals surface area contributed by atoms with Gasteiger partial charge in [0.1, 0.15) is 5.92 Å². The third-order valence-electron chi connectivity index (χ3n) is 7.57. The summed E-state index contributed by atoms with van der Waals surface area (Å²) in [5.74, 6) is -2.25. The first kappa shape index (κ1) is 40.7. The zero-order valence-corrected chi connectivity index (χ0v) is 26.8. The maximum absolute atomic E-state index is 13.0. The van der Waals surface area contributed by atoms with E-state index in [4.69, 9.17) is 9.47 Å². The van der Waals surface area contributed by atoms with Crippen LogP contribution >= 0.6 is 0 Å². The van der Waals surface area contributed by atoms with Crippen molar-refractivity contribution in [1.82, 2.24) is 0 Å². The minimum absolute atomic E-state index is 0.00604. The highest BCUT2D eigenvalue weighted by Crippen LogP contribution is 2.24. The summed E-state index contributed by atoms with van der Waals surface area (Å²) in [5.41, 5.74) is 0.621. The number of hydrogen-bond acceptors (Lipinski definition) is 11. The molecule has 10 atom stereocenters. The standard InChI is InChI=1S/C34H56O11/c1-4-5-11-15-30(40)33-32(42)22-29(39)20-27(37)18-25(35)17-26(36)19-28(38)21-31(41)23(2)14-12-9-7-6-8-10-13-16-44-24(3)45-34(33)43/h6-10,12-14,16,24-33,35-42H,4-5,11,15,17-22H2,1-3H3. The molecule has 10 unspecified atom stereocenters. The Morgan fingerprint density at radius 1 is 0.733 bits per heavy atom. The Kier molecular flexibility index (Phi) is 20.8. The monoisotopic (exact) mass is 640 g/mol. The summed E-state index contributed by atoms with van der Waals surface area (Å²) in [7, 11) is 0. The largest absolute Gasteiger partial charge is 0.463 e. The van der Waals surface area contributed by atoms with Crippen molar-refractivity contribution in [2.24, 2.45) is 5.92 Å². The number of cyclic esters (lactones) is 1. The van der Waals surface area contributed by atoms with Gasteiger partial charge < -0.3 is 50.3 Å². The van der Waals surface area contributed by atoms with Crippen LogP contribution in [0.2, 0.25) is 0 Å². The molecule has 0 saturated heterocycles. The molecule has 45 heavy (non-hydrogen) atoms. The average molecular weight is 641 g/mol. The van der Waals surface area contributed by atoms with Crippen LogP contribution in [0.25, 0.3) is 0 Å². The molecule has 11 nitrogen and oxygen atoms in total. The molecular formula is C34H56O11. The van der Waals surface area contributed by atoms with Crippen molar-refractivity contribution < 1.29 is 55.1 Å². The normalized spacial score (nSPS) is 33.4. The van der Waals surface area contributed by atoms with Crippen molar-refractivity contribution in [3.05, 3.63) is 60.4 Å². The molecule has 0 saturated carbocycles. The fourth-order valence-corrected chi connectivity index (χ4v) is 5.07. The Balaban J connectivity index is 3.08. The van der Waals surface area contributed by atoms with Crippen LogP contribution in [0.3, 0.4) is 0 Å². The zero-order chi connectivity index (χ0) is 33.8. The van der Waals surface area contributed by atoms with Gasteiger partial charge in [-0.05, 0) is 50.7 Å². The zero-order valence-electron chi connectivity index (χ0n) is 26.8. The first-order valence-electron chi connectivity index (χ1n) is 16.0. The predicted octanol–water partition coefficient (Wildman–Crippen LogP) is 2.46. The Morgan fingerprint density at radius 3 is 1.78 bits per heavy atom. The van der Waals surface area contributed by atoms with Crippen LogP contribution in [0, 0.1) is 5.92 Å². The van der Waals surface area contributed by atoms with Gasteiger partial charge in [-0.2, -0.15) is 0 Å². The van der Waals surface area contributed by atoms with E-state index in [2.05, 4.69) is 0 Å². The van der Waals surface area contributed by atoms with Crippen LogP contribution in [0.1, 0.15) is 85.0 Å². The number of aliphatic hydroxyl groups is 8. The van der Waals surface area contributed by atoms with Gasteiger partial charge in [0, 0.05) is 19.8 Å². The minimum Gasteiger partial charge on any atom is -0.463 e. The highest BCUT2D eigenvalue weighted by Gasteiger charge is 2.37. The van der Waals surface area contributed by atoms with Crippen molar-refractivity contribution in [1.29, 1.82) is 0 Å². The second-order valence-electron chi connectivity index (χ2n) is 11.9. The number of rotatable bonds is 5. The van der Waals surface area contributed by atoms with Crippen molar-refractivity contribution in [2.45, 2.75) is 140 Å². The van der Waals surface area contributed by atoms with Gasteiger partial charge in [0.15, 0.2) is 0 Å². The van der Waals surface area contributed by atoms with Gasteiger partial charge in [-0.25, -0.2) is 0 Å². The van der Waals surface area contributed by atoms with E-state index < -0.39 is 67.0 Å². The first-order valence-corrected chi connectivity index (χ1v) is 16.0. The first-order chi connectivity index (χ1) is 21.3. The molecule has 0 bridgehead atoms. The summed E-state index contributed by atoms with van der Waals surface area (Å²) in [6.07, 6.45) is 6.21. The van der Waals surface area contributed by atoms with E-state index in [1.165, 1.54) is 13.2 Å². The summed E-state index contributed by atoms with van der Waals surface area (Å²) in [6.45, 7) is 5.20. The smallest absolute Gasteiger partial charge is 0.317 e. The highest BCUT2D eigenvalue weighted by atomic mass is 16.7. The lowest BCUT2D eigenvalue weighted by Crippen LogP contribution is -2.42. The molecule has 8 N–H and O–H groups in total. The number of hydrogen-bond donors (Lipinski definition) is 8. The van der Waals surface area contributed by atoms with Crippen molar-refractivity contribution in [2.75, 3.05) is 0 Å². The SMILES string of the molecule is CCCCCC(O)C1C(=O)OC(C)OC=CC=CC=CC=CC=C(C)C(O)CC(O)CC(O)CC(O)CC(O)CC(O)CC1O. The summed E-state index contributed by atoms with van der Waals surface area (Å²) in [5, 5.41) is 84.1. The Hall–Kier alpha value is -2.35. The van der Waals surface area contributed by atoms with E-state index in [0.717, 1.165) is 12.8 Å². The molecule has 0 aromatic heterocycles. The van der Waals surface area contributed by atoms with E-state index in [1.54, 1.807) is 55.5 Å². The van der Waals surface area contributed by atoms with Crippen molar-refractivity contribution in [3.63, 3.8) is 0 Å². The van der Waals surface area contributed by atoms with Gasteiger partial charge >= 0.3 is 5.97 Å². The maximum Gasteiger partial charge on any atom is 0.317 e. The van der Waals surface area contributed by atoms with Gasteiger partial charge in [-0.1, -0.05) is 68.7 Å². The summed E-state index contributed by atoms with van der Waals surface area (Å²) in [4.78, 5) is 13.0. The van der Waals surface area contributed by atoms with Gasteiger partial charge in [0.05, 0.1) is 55.1 Å². The highest BCUT2D eigenvalue weighted by molar-refractivity contribution is 5.74. The fourth-order valence-electron chi connectivity index (χ4n) is 5.07. The molecule has 11 heteroatoms. The van der Waals surface area contributed by atoms with E-state index >= 15 is 0 Å². The van der Waals surface area contributed by atoms with E-state index in [-0.39, 0.29) is 44.9 Å². The minimum atomic E-state index is -1.49. The van der Waals surface area contributed by atoms with Crippen LogP contribution < -0.4 is 0 Å². The molecule has 1 heterocycles. The molecule has 0 radical (unpaired) electrons. The topological polar surface area (TPSA) is 197 Å². The van der Waals surface area contributed by atoms with Gasteiger partial charge in [0.25, 0.3) is 0 Å². The molecule has 1 aliphatic rings. The number of carbonyl (C=O) groups is 1. The molecule has 0 aromatic carbocycles.